The standard InChI is InChI=1S/C16H27N5O/c1-16(11-22-12-16)10-18-15(17-2)21-5-4-13(9-21)6-14-7-19-20(3)8-14/h7-8,13H,4-6,9-12H2,1-3H3,(H,17,18). The monoisotopic (exact) mass is 305 g/mol. The molecule has 6 heteroatoms. The summed E-state index contributed by atoms with van der Waals surface area (Å²) in [4.78, 5) is 6.83. The molecule has 0 spiro atoms. The number of aliphatic imine (C=N–C) groups is 1. The molecule has 2 aliphatic heterocycles. The Hall–Kier alpha value is -1.56. The zero-order chi connectivity index (χ0) is 15.6. The quantitative estimate of drug-likeness (QED) is 0.663. The zero-order valence-electron chi connectivity index (χ0n) is 13.9. The summed E-state index contributed by atoms with van der Waals surface area (Å²) in [6.45, 7) is 7.04. The summed E-state index contributed by atoms with van der Waals surface area (Å²) in [5, 5.41) is 7.78. The van der Waals surface area contributed by atoms with Gasteiger partial charge < -0.3 is 15.0 Å². The molecule has 0 aromatic carbocycles. The van der Waals surface area contributed by atoms with E-state index in [1.165, 1.54) is 12.0 Å². The minimum absolute atomic E-state index is 0.269. The first-order valence-electron chi connectivity index (χ1n) is 8.09. The summed E-state index contributed by atoms with van der Waals surface area (Å²) in [6.07, 6.45) is 6.42. The molecule has 6 nitrogen and oxygen atoms in total. The Labute approximate surface area is 132 Å². The first-order valence-corrected chi connectivity index (χ1v) is 8.09. The summed E-state index contributed by atoms with van der Waals surface area (Å²) in [5.41, 5.74) is 1.60. The molecule has 0 saturated carbocycles. The number of likely N-dealkylation sites (tertiary alicyclic amines) is 1. The SMILES string of the molecule is CN=C(NCC1(C)COC1)N1CCC(Cc2cnn(C)c2)C1. The minimum Gasteiger partial charge on any atom is -0.380 e. The van der Waals surface area contributed by atoms with Gasteiger partial charge in [0.1, 0.15) is 0 Å². The number of aromatic nitrogens is 2. The van der Waals surface area contributed by atoms with Crippen molar-refractivity contribution < 1.29 is 4.74 Å². The smallest absolute Gasteiger partial charge is 0.193 e. The second-order valence-electron chi connectivity index (χ2n) is 7.03. The molecule has 0 bridgehead atoms. The number of rotatable bonds is 4. The van der Waals surface area contributed by atoms with Crippen molar-refractivity contribution in [3.63, 3.8) is 0 Å². The van der Waals surface area contributed by atoms with Crippen LogP contribution in [0, 0.1) is 11.3 Å². The number of hydrogen-bond donors (Lipinski definition) is 1. The maximum Gasteiger partial charge on any atom is 0.193 e. The Bertz CT molecular complexity index is 534. The molecule has 1 N–H and O–H groups in total. The molecule has 2 saturated heterocycles. The van der Waals surface area contributed by atoms with Gasteiger partial charge in [-0.05, 0) is 24.3 Å². The molecule has 0 amide bonds. The van der Waals surface area contributed by atoms with Gasteiger partial charge >= 0.3 is 0 Å². The molecule has 2 fully saturated rings. The van der Waals surface area contributed by atoms with Gasteiger partial charge in [-0.1, -0.05) is 6.92 Å². The van der Waals surface area contributed by atoms with Gasteiger partial charge in [0.15, 0.2) is 5.96 Å². The van der Waals surface area contributed by atoms with Crippen molar-refractivity contribution in [3.05, 3.63) is 18.0 Å². The molecule has 22 heavy (non-hydrogen) atoms. The van der Waals surface area contributed by atoms with Crippen molar-refractivity contribution in [2.24, 2.45) is 23.4 Å². The van der Waals surface area contributed by atoms with Crippen molar-refractivity contribution in [1.29, 1.82) is 0 Å². The van der Waals surface area contributed by atoms with Crippen molar-refractivity contribution in [1.82, 2.24) is 20.0 Å². The first-order chi connectivity index (χ1) is 10.6. The zero-order valence-corrected chi connectivity index (χ0v) is 13.9. The predicted molar refractivity (Wildman–Crippen MR) is 86.9 cm³/mol. The summed E-state index contributed by atoms with van der Waals surface area (Å²) in [7, 11) is 3.84. The van der Waals surface area contributed by atoms with E-state index >= 15 is 0 Å². The van der Waals surface area contributed by atoms with Gasteiger partial charge in [0.2, 0.25) is 0 Å². The van der Waals surface area contributed by atoms with Gasteiger partial charge in [-0.25, -0.2) is 0 Å². The van der Waals surface area contributed by atoms with Gasteiger partial charge in [-0.3, -0.25) is 9.67 Å². The summed E-state index contributed by atoms with van der Waals surface area (Å²) in [6, 6.07) is 0. The van der Waals surface area contributed by atoms with Crippen LogP contribution < -0.4 is 5.32 Å². The number of nitrogens with one attached hydrogen (secondary N) is 1. The van der Waals surface area contributed by atoms with Crippen molar-refractivity contribution in [3.8, 4) is 0 Å². The van der Waals surface area contributed by atoms with Gasteiger partial charge in [0.25, 0.3) is 0 Å². The van der Waals surface area contributed by atoms with Crippen molar-refractivity contribution >= 4 is 5.96 Å². The fourth-order valence-corrected chi connectivity index (χ4v) is 3.28. The Morgan fingerprint density at radius 2 is 2.36 bits per heavy atom. The van der Waals surface area contributed by atoms with E-state index in [-0.39, 0.29) is 5.41 Å². The van der Waals surface area contributed by atoms with Crippen LogP contribution in [0.25, 0.3) is 0 Å². The molecule has 3 heterocycles. The lowest BCUT2D eigenvalue weighted by atomic mass is 9.89. The van der Waals surface area contributed by atoms with E-state index in [1.54, 1.807) is 0 Å². The summed E-state index contributed by atoms with van der Waals surface area (Å²) in [5.74, 6) is 1.71. The lowest BCUT2D eigenvalue weighted by Gasteiger charge is -2.39. The molecular weight excluding hydrogens is 278 g/mol. The maximum absolute atomic E-state index is 5.31. The highest BCUT2D eigenvalue weighted by Gasteiger charge is 2.34. The predicted octanol–water partition coefficient (Wildman–Crippen LogP) is 0.896. The number of hydrogen-bond acceptors (Lipinski definition) is 3. The fraction of sp³-hybridized carbons (Fsp3) is 0.750. The highest BCUT2D eigenvalue weighted by molar-refractivity contribution is 5.80. The van der Waals surface area contributed by atoms with Gasteiger partial charge in [-0.2, -0.15) is 5.10 Å². The average molecular weight is 305 g/mol. The summed E-state index contributed by atoms with van der Waals surface area (Å²) >= 11 is 0. The van der Waals surface area contributed by atoms with Crippen molar-refractivity contribution in [2.45, 2.75) is 19.8 Å². The highest BCUT2D eigenvalue weighted by Crippen LogP contribution is 2.25. The van der Waals surface area contributed by atoms with E-state index < -0.39 is 0 Å². The van der Waals surface area contributed by atoms with E-state index in [2.05, 4.69) is 33.4 Å². The molecule has 3 rings (SSSR count). The van der Waals surface area contributed by atoms with Crippen LogP contribution in [-0.2, 0) is 18.2 Å². The second kappa shape index (κ2) is 6.28. The third-order valence-corrected chi connectivity index (χ3v) is 4.65. The second-order valence-corrected chi connectivity index (χ2v) is 7.03. The third kappa shape index (κ3) is 3.43. The lowest BCUT2D eigenvalue weighted by Crippen LogP contribution is -2.51. The fourth-order valence-electron chi connectivity index (χ4n) is 3.28. The van der Waals surface area contributed by atoms with Crippen LogP contribution in [0.4, 0.5) is 0 Å². The van der Waals surface area contributed by atoms with Crippen LogP contribution >= 0.6 is 0 Å². The van der Waals surface area contributed by atoms with Gasteiger partial charge in [-0.15, -0.1) is 0 Å². The third-order valence-electron chi connectivity index (χ3n) is 4.65. The number of aryl methyl sites for hydroxylation is 1. The molecule has 1 aromatic heterocycles. The Morgan fingerprint density at radius 1 is 1.55 bits per heavy atom. The van der Waals surface area contributed by atoms with Crippen LogP contribution in [0.3, 0.4) is 0 Å². The topological polar surface area (TPSA) is 54.7 Å². The average Bonchev–Trinajstić information content (AvgIpc) is 3.08. The number of nitrogens with zero attached hydrogens (tertiary/aromatic N) is 4. The Morgan fingerprint density at radius 3 is 2.95 bits per heavy atom. The molecule has 1 atom stereocenters. The van der Waals surface area contributed by atoms with E-state index in [9.17, 15) is 0 Å². The van der Waals surface area contributed by atoms with Crippen LogP contribution in [0.1, 0.15) is 18.9 Å². The molecule has 122 valence electrons. The van der Waals surface area contributed by atoms with E-state index in [0.717, 1.165) is 45.2 Å². The minimum atomic E-state index is 0.269. The molecule has 0 aliphatic carbocycles. The number of guanidine groups is 1. The van der Waals surface area contributed by atoms with Crippen molar-refractivity contribution in [2.75, 3.05) is 39.9 Å². The number of ether oxygens (including phenoxy) is 1. The van der Waals surface area contributed by atoms with Crippen LogP contribution in [0.15, 0.2) is 17.4 Å². The van der Waals surface area contributed by atoms with Crippen LogP contribution in [-0.4, -0.2) is 60.5 Å². The molecule has 0 radical (unpaired) electrons. The molecular formula is C16H27N5O. The molecule has 1 aromatic rings. The first kappa shape index (κ1) is 15.3. The van der Waals surface area contributed by atoms with E-state index in [4.69, 9.17) is 4.74 Å². The van der Waals surface area contributed by atoms with Crippen LogP contribution in [0.2, 0.25) is 0 Å². The highest BCUT2D eigenvalue weighted by atomic mass is 16.5. The van der Waals surface area contributed by atoms with Gasteiger partial charge in [0.05, 0.1) is 19.4 Å². The lowest BCUT2D eigenvalue weighted by molar-refractivity contribution is -0.0972. The Balaban J connectivity index is 1.49. The van der Waals surface area contributed by atoms with Gasteiger partial charge in [0, 0.05) is 45.3 Å². The largest absolute Gasteiger partial charge is 0.380 e. The Kier molecular flexibility index (Phi) is 4.38. The van der Waals surface area contributed by atoms with Crippen LogP contribution in [0.5, 0.6) is 0 Å². The summed E-state index contributed by atoms with van der Waals surface area (Å²) < 4.78 is 7.19. The molecule has 1 unspecified atom stereocenters. The maximum atomic E-state index is 5.31. The van der Waals surface area contributed by atoms with E-state index in [0.29, 0.717) is 5.92 Å². The van der Waals surface area contributed by atoms with E-state index in [1.807, 2.05) is 25.0 Å². The normalized spacial score (nSPS) is 24.4. The molecule has 2 aliphatic rings.